The normalized spacial score (nSPS) is 15.8. The largest absolute Gasteiger partial charge is 0.384 e. The second-order valence-electron chi connectivity index (χ2n) is 3.66. The van der Waals surface area contributed by atoms with Crippen LogP contribution < -0.4 is 5.73 Å². The van der Waals surface area contributed by atoms with Crippen LogP contribution in [-0.2, 0) is 10.5 Å². The molecule has 2 rings (SSSR count). The van der Waals surface area contributed by atoms with E-state index >= 15 is 0 Å². The molecule has 0 amide bonds. The number of nitrogens with two attached hydrogens (primary N) is 1. The highest BCUT2D eigenvalue weighted by atomic mass is 32.2. The topological polar surface area (TPSA) is 59.1 Å². The van der Waals surface area contributed by atoms with Crippen LogP contribution in [0.3, 0.4) is 0 Å². The maximum absolute atomic E-state index is 13.8. The molecular weight excluding hydrogens is 227 g/mol. The summed E-state index contributed by atoms with van der Waals surface area (Å²) in [6.07, 6.45) is 0. The van der Waals surface area contributed by atoms with E-state index in [1.165, 1.54) is 6.07 Å². The molecule has 0 bridgehead atoms. The molecule has 1 heterocycles. The minimum Gasteiger partial charge on any atom is -0.384 e. The first-order valence-electron chi connectivity index (χ1n) is 4.99. The summed E-state index contributed by atoms with van der Waals surface area (Å²) in [6, 6.07) is 4.99. The van der Waals surface area contributed by atoms with Crippen LogP contribution in [0.15, 0.2) is 18.2 Å². The van der Waals surface area contributed by atoms with E-state index in [9.17, 15) is 4.39 Å². The van der Waals surface area contributed by atoms with Crippen LogP contribution in [0.25, 0.3) is 0 Å². The summed E-state index contributed by atoms with van der Waals surface area (Å²) in [5, 5.41) is 7.72. The Hall–Kier alpha value is -1.07. The third-order valence-corrected chi connectivity index (χ3v) is 3.67. The zero-order chi connectivity index (χ0) is 11.5. The van der Waals surface area contributed by atoms with Crippen molar-refractivity contribution in [1.29, 1.82) is 5.41 Å². The Bertz CT molecular complexity index is 407. The Balaban J connectivity index is 2.07. The van der Waals surface area contributed by atoms with Gasteiger partial charge in [0.05, 0.1) is 24.0 Å². The first-order valence-corrected chi connectivity index (χ1v) is 6.04. The van der Waals surface area contributed by atoms with E-state index in [4.69, 9.17) is 15.9 Å². The number of amidine groups is 1. The molecule has 0 unspecified atom stereocenters. The molecule has 0 radical (unpaired) electrons. The van der Waals surface area contributed by atoms with E-state index in [1.54, 1.807) is 23.9 Å². The maximum atomic E-state index is 13.8. The molecule has 0 saturated carbocycles. The SMILES string of the molecule is N=C(N)c1cccc(CSC2COC2)c1F. The number of rotatable bonds is 4. The van der Waals surface area contributed by atoms with Gasteiger partial charge in [-0.25, -0.2) is 4.39 Å². The van der Waals surface area contributed by atoms with E-state index in [0.717, 1.165) is 13.2 Å². The molecule has 0 aliphatic carbocycles. The second-order valence-corrected chi connectivity index (χ2v) is 4.95. The molecule has 1 saturated heterocycles. The molecule has 1 fully saturated rings. The van der Waals surface area contributed by atoms with Crippen LogP contribution in [0.2, 0.25) is 0 Å². The van der Waals surface area contributed by atoms with Crippen molar-refractivity contribution in [3.05, 3.63) is 35.1 Å². The van der Waals surface area contributed by atoms with Gasteiger partial charge in [0.2, 0.25) is 0 Å². The molecule has 3 N–H and O–H groups in total. The second kappa shape index (κ2) is 4.84. The van der Waals surface area contributed by atoms with Gasteiger partial charge < -0.3 is 10.5 Å². The monoisotopic (exact) mass is 240 g/mol. The Morgan fingerprint density at radius 3 is 2.88 bits per heavy atom. The van der Waals surface area contributed by atoms with Crippen molar-refractivity contribution in [2.45, 2.75) is 11.0 Å². The van der Waals surface area contributed by atoms with Crippen molar-refractivity contribution in [2.75, 3.05) is 13.2 Å². The standard InChI is InChI=1S/C11H13FN2OS/c12-10-7(6-16-8-4-15-5-8)2-1-3-9(10)11(13)14/h1-3,8H,4-6H2,(H3,13,14). The van der Waals surface area contributed by atoms with Crippen molar-refractivity contribution in [2.24, 2.45) is 5.73 Å². The first-order chi connectivity index (χ1) is 7.68. The lowest BCUT2D eigenvalue weighted by Crippen LogP contribution is -2.30. The molecule has 1 aliphatic heterocycles. The third kappa shape index (κ3) is 2.36. The molecule has 0 spiro atoms. The fourth-order valence-corrected chi connectivity index (χ4v) is 2.44. The highest BCUT2D eigenvalue weighted by Gasteiger charge is 2.19. The van der Waals surface area contributed by atoms with Crippen LogP contribution in [0.5, 0.6) is 0 Å². The molecule has 16 heavy (non-hydrogen) atoms. The van der Waals surface area contributed by atoms with Crippen LogP contribution >= 0.6 is 11.8 Å². The molecule has 3 nitrogen and oxygen atoms in total. The van der Waals surface area contributed by atoms with E-state index in [2.05, 4.69) is 0 Å². The van der Waals surface area contributed by atoms with Gasteiger partial charge in [-0.1, -0.05) is 12.1 Å². The Morgan fingerprint density at radius 2 is 2.31 bits per heavy atom. The predicted octanol–water partition coefficient (Wildman–Crippen LogP) is 1.74. The number of nitrogens with one attached hydrogen (secondary N) is 1. The van der Waals surface area contributed by atoms with Crippen LogP contribution in [0.4, 0.5) is 4.39 Å². The quantitative estimate of drug-likeness (QED) is 0.622. The summed E-state index contributed by atoms with van der Waals surface area (Å²) >= 11 is 1.67. The fraction of sp³-hybridized carbons (Fsp3) is 0.364. The Morgan fingerprint density at radius 1 is 1.56 bits per heavy atom. The van der Waals surface area contributed by atoms with Gasteiger partial charge in [-0.2, -0.15) is 0 Å². The van der Waals surface area contributed by atoms with Gasteiger partial charge in [0, 0.05) is 5.75 Å². The fourth-order valence-electron chi connectivity index (χ4n) is 1.42. The summed E-state index contributed by atoms with van der Waals surface area (Å²) in [7, 11) is 0. The zero-order valence-electron chi connectivity index (χ0n) is 8.70. The van der Waals surface area contributed by atoms with E-state index < -0.39 is 0 Å². The summed E-state index contributed by atoms with van der Waals surface area (Å²) in [4.78, 5) is 0. The van der Waals surface area contributed by atoms with Crippen molar-refractivity contribution >= 4 is 17.6 Å². The van der Waals surface area contributed by atoms with Crippen molar-refractivity contribution in [3.8, 4) is 0 Å². The Kier molecular flexibility index (Phi) is 3.46. The smallest absolute Gasteiger partial charge is 0.138 e. The van der Waals surface area contributed by atoms with E-state index in [1.807, 2.05) is 0 Å². The number of hydrogen-bond acceptors (Lipinski definition) is 3. The van der Waals surface area contributed by atoms with Gasteiger partial charge in [0.15, 0.2) is 0 Å². The molecule has 1 aromatic rings. The van der Waals surface area contributed by atoms with Crippen LogP contribution in [0.1, 0.15) is 11.1 Å². The molecular formula is C11H13FN2OS. The summed E-state index contributed by atoms with van der Waals surface area (Å²) in [5.41, 5.74) is 6.08. The number of ether oxygens (including phenoxy) is 1. The van der Waals surface area contributed by atoms with Crippen LogP contribution in [-0.4, -0.2) is 24.3 Å². The maximum Gasteiger partial charge on any atom is 0.138 e. The third-order valence-electron chi connectivity index (χ3n) is 2.45. The predicted molar refractivity (Wildman–Crippen MR) is 63.3 cm³/mol. The van der Waals surface area contributed by atoms with Crippen molar-refractivity contribution in [3.63, 3.8) is 0 Å². The molecule has 0 atom stereocenters. The summed E-state index contributed by atoms with van der Waals surface area (Å²) in [6.45, 7) is 1.50. The van der Waals surface area contributed by atoms with Gasteiger partial charge in [0.25, 0.3) is 0 Å². The number of nitrogen functional groups attached to an aromatic ring is 1. The van der Waals surface area contributed by atoms with Gasteiger partial charge in [-0.3, -0.25) is 5.41 Å². The minimum absolute atomic E-state index is 0.183. The zero-order valence-corrected chi connectivity index (χ0v) is 9.52. The lowest BCUT2D eigenvalue weighted by Gasteiger charge is -2.25. The van der Waals surface area contributed by atoms with E-state index in [-0.39, 0.29) is 17.2 Å². The Labute approximate surface area is 97.7 Å². The number of hydrogen-bond donors (Lipinski definition) is 2. The molecule has 0 aromatic heterocycles. The van der Waals surface area contributed by atoms with Gasteiger partial charge in [0.1, 0.15) is 11.7 Å². The van der Waals surface area contributed by atoms with Gasteiger partial charge >= 0.3 is 0 Å². The average molecular weight is 240 g/mol. The summed E-state index contributed by atoms with van der Waals surface area (Å²) < 4.78 is 18.9. The lowest BCUT2D eigenvalue weighted by atomic mass is 10.1. The number of halogens is 1. The summed E-state index contributed by atoms with van der Waals surface area (Å²) in [5.74, 6) is 0.000110. The van der Waals surface area contributed by atoms with Crippen molar-refractivity contribution in [1.82, 2.24) is 0 Å². The molecule has 1 aromatic carbocycles. The van der Waals surface area contributed by atoms with E-state index in [0.29, 0.717) is 16.6 Å². The number of benzene rings is 1. The molecule has 1 aliphatic rings. The first kappa shape index (κ1) is 11.4. The molecule has 5 heteroatoms. The average Bonchev–Trinajstić information content (AvgIpc) is 2.17. The highest BCUT2D eigenvalue weighted by molar-refractivity contribution is 7.99. The minimum atomic E-state index is -0.372. The number of thioether (sulfide) groups is 1. The van der Waals surface area contributed by atoms with Crippen molar-refractivity contribution < 1.29 is 9.13 Å². The van der Waals surface area contributed by atoms with Crippen LogP contribution in [0, 0.1) is 11.2 Å². The molecule has 86 valence electrons. The van der Waals surface area contributed by atoms with Gasteiger partial charge in [-0.05, 0) is 11.6 Å². The van der Waals surface area contributed by atoms with Gasteiger partial charge in [-0.15, -0.1) is 11.8 Å². The highest BCUT2D eigenvalue weighted by Crippen LogP contribution is 2.25. The lowest BCUT2D eigenvalue weighted by molar-refractivity contribution is 0.0455.